The van der Waals surface area contributed by atoms with Crippen LogP contribution < -0.4 is 4.74 Å². The Morgan fingerprint density at radius 2 is 2.04 bits per heavy atom. The van der Waals surface area contributed by atoms with Gasteiger partial charge in [0.1, 0.15) is 4.90 Å². The van der Waals surface area contributed by atoms with E-state index in [1.165, 1.54) is 36.5 Å². The number of amidine groups is 1. The summed E-state index contributed by atoms with van der Waals surface area (Å²) in [5.74, 6) is 0.286. The summed E-state index contributed by atoms with van der Waals surface area (Å²) in [6, 6.07) is 9.49. The lowest BCUT2D eigenvalue weighted by Crippen LogP contribution is -2.21. The van der Waals surface area contributed by atoms with Gasteiger partial charge in [-0.05, 0) is 18.2 Å². The van der Waals surface area contributed by atoms with E-state index >= 15 is 0 Å². The van der Waals surface area contributed by atoms with Crippen LogP contribution in [0.25, 0.3) is 0 Å². The van der Waals surface area contributed by atoms with Crippen molar-refractivity contribution in [3.05, 3.63) is 52.5 Å². The minimum Gasteiger partial charge on any atom is -0.504 e. The van der Waals surface area contributed by atoms with Crippen LogP contribution in [0.3, 0.4) is 0 Å². The Kier molecular flexibility index (Phi) is 4.40. The third-order valence-corrected chi connectivity index (χ3v) is 5.12. The average Bonchev–Trinajstić information content (AvgIpc) is 2.87. The molecule has 2 aromatic carbocycles. The summed E-state index contributed by atoms with van der Waals surface area (Å²) in [4.78, 5) is 0.138. The van der Waals surface area contributed by atoms with E-state index in [-0.39, 0.29) is 22.2 Å². The molecule has 3 rings (SSSR count). The predicted octanol–water partition coefficient (Wildman–Crippen LogP) is 2.47. The summed E-state index contributed by atoms with van der Waals surface area (Å²) in [6.45, 7) is 0. The first-order chi connectivity index (χ1) is 11.8. The SMILES string of the molecule is COc1cc(Cl)cc(/C=N\N(C)C2=NS(=O)(=O)c3ccccc32)c1O. The number of sulfonamides is 1. The van der Waals surface area contributed by atoms with Crippen LogP contribution in [0.1, 0.15) is 11.1 Å². The zero-order valence-electron chi connectivity index (χ0n) is 13.3. The minimum absolute atomic E-state index is 0.120. The van der Waals surface area contributed by atoms with Crippen molar-refractivity contribution in [3.8, 4) is 11.5 Å². The van der Waals surface area contributed by atoms with Gasteiger partial charge >= 0.3 is 0 Å². The molecule has 0 saturated carbocycles. The summed E-state index contributed by atoms with van der Waals surface area (Å²) in [5.41, 5.74) is 0.793. The number of phenolic OH excluding ortho intramolecular Hbond substituents is 1. The molecule has 1 N–H and O–H groups in total. The van der Waals surface area contributed by atoms with Crippen molar-refractivity contribution in [2.75, 3.05) is 14.2 Å². The molecule has 7 nitrogen and oxygen atoms in total. The molecular formula is C16H14ClN3O4S. The Labute approximate surface area is 149 Å². The minimum atomic E-state index is -3.73. The summed E-state index contributed by atoms with van der Waals surface area (Å²) >= 11 is 5.98. The Morgan fingerprint density at radius 3 is 2.76 bits per heavy atom. The van der Waals surface area contributed by atoms with Crippen molar-refractivity contribution in [1.82, 2.24) is 5.01 Å². The van der Waals surface area contributed by atoms with E-state index in [2.05, 4.69) is 9.50 Å². The predicted molar refractivity (Wildman–Crippen MR) is 95.2 cm³/mol. The van der Waals surface area contributed by atoms with E-state index in [0.29, 0.717) is 16.1 Å². The van der Waals surface area contributed by atoms with Crippen molar-refractivity contribution < 1.29 is 18.3 Å². The first-order valence-electron chi connectivity index (χ1n) is 7.12. The normalized spacial score (nSPS) is 15.1. The second kappa shape index (κ2) is 6.38. The summed E-state index contributed by atoms with van der Waals surface area (Å²) in [5, 5.41) is 16.0. The molecule has 0 aromatic heterocycles. The maximum atomic E-state index is 12.1. The number of phenols is 1. The van der Waals surface area contributed by atoms with Gasteiger partial charge in [-0.2, -0.15) is 13.5 Å². The lowest BCUT2D eigenvalue weighted by atomic mass is 10.2. The van der Waals surface area contributed by atoms with Crippen LogP contribution in [0.5, 0.6) is 11.5 Å². The molecule has 0 amide bonds. The van der Waals surface area contributed by atoms with Crippen LogP contribution in [0, 0.1) is 0 Å². The molecule has 130 valence electrons. The molecule has 1 aliphatic heterocycles. The molecule has 0 saturated heterocycles. The summed E-state index contributed by atoms with van der Waals surface area (Å²) in [7, 11) is -0.755. The number of hydrogen-bond donors (Lipinski definition) is 1. The molecule has 0 radical (unpaired) electrons. The van der Waals surface area contributed by atoms with E-state index in [1.54, 1.807) is 25.2 Å². The topological polar surface area (TPSA) is 91.6 Å². The van der Waals surface area contributed by atoms with Gasteiger partial charge in [-0.25, -0.2) is 5.01 Å². The van der Waals surface area contributed by atoms with Gasteiger partial charge in [0.2, 0.25) is 0 Å². The van der Waals surface area contributed by atoms with Crippen molar-refractivity contribution in [2.24, 2.45) is 9.50 Å². The van der Waals surface area contributed by atoms with Gasteiger partial charge in [0.15, 0.2) is 17.3 Å². The zero-order valence-corrected chi connectivity index (χ0v) is 14.9. The first kappa shape index (κ1) is 17.2. The van der Waals surface area contributed by atoms with Gasteiger partial charge in [0.25, 0.3) is 10.0 Å². The van der Waals surface area contributed by atoms with Crippen LogP contribution >= 0.6 is 11.6 Å². The Hall–Kier alpha value is -2.58. The number of methoxy groups -OCH3 is 1. The van der Waals surface area contributed by atoms with Crippen LogP contribution in [-0.2, 0) is 10.0 Å². The lowest BCUT2D eigenvalue weighted by Gasteiger charge is -2.13. The standard InChI is InChI=1S/C16H14ClN3O4S/c1-20(16-12-5-3-4-6-14(12)25(22,23)19-16)18-9-10-7-11(17)8-13(24-2)15(10)21/h3-9,21H,1-2H3/b18-9-. The highest BCUT2D eigenvalue weighted by molar-refractivity contribution is 7.90. The fourth-order valence-corrected chi connectivity index (χ4v) is 3.82. The molecule has 0 spiro atoms. The van der Waals surface area contributed by atoms with Gasteiger partial charge in [-0.1, -0.05) is 23.7 Å². The number of benzene rings is 2. The lowest BCUT2D eigenvalue weighted by molar-refractivity contribution is 0.373. The van der Waals surface area contributed by atoms with Crippen molar-refractivity contribution in [2.45, 2.75) is 4.90 Å². The number of aromatic hydroxyl groups is 1. The molecule has 2 aromatic rings. The van der Waals surface area contributed by atoms with Crippen molar-refractivity contribution >= 4 is 33.7 Å². The first-order valence-corrected chi connectivity index (χ1v) is 8.94. The molecule has 1 heterocycles. The van der Waals surface area contributed by atoms with E-state index < -0.39 is 10.0 Å². The number of rotatable bonds is 3. The quantitative estimate of drug-likeness (QED) is 0.653. The molecule has 0 fully saturated rings. The number of hydrazone groups is 1. The summed E-state index contributed by atoms with van der Waals surface area (Å²) in [6.07, 6.45) is 1.35. The molecule has 9 heteroatoms. The van der Waals surface area contributed by atoms with Crippen molar-refractivity contribution in [3.63, 3.8) is 0 Å². The van der Waals surface area contributed by atoms with E-state index in [1.807, 2.05) is 0 Å². The molecule has 0 atom stereocenters. The molecule has 1 aliphatic rings. The number of nitrogens with zero attached hydrogens (tertiary/aromatic N) is 3. The van der Waals surface area contributed by atoms with Gasteiger partial charge in [-0.3, -0.25) is 0 Å². The van der Waals surface area contributed by atoms with E-state index in [0.717, 1.165) is 0 Å². The molecular weight excluding hydrogens is 366 g/mol. The highest BCUT2D eigenvalue weighted by atomic mass is 35.5. The zero-order chi connectivity index (χ0) is 18.2. The highest BCUT2D eigenvalue weighted by Gasteiger charge is 2.30. The van der Waals surface area contributed by atoms with Gasteiger partial charge in [-0.15, -0.1) is 4.40 Å². The van der Waals surface area contributed by atoms with E-state index in [4.69, 9.17) is 16.3 Å². The third kappa shape index (κ3) is 3.18. The van der Waals surface area contributed by atoms with E-state index in [9.17, 15) is 13.5 Å². The molecule has 25 heavy (non-hydrogen) atoms. The Balaban J connectivity index is 1.95. The number of hydrogen-bond acceptors (Lipinski definition) is 6. The second-order valence-corrected chi connectivity index (χ2v) is 7.21. The largest absolute Gasteiger partial charge is 0.504 e. The number of fused-ring (bicyclic) bond motifs is 1. The average molecular weight is 380 g/mol. The molecule has 0 bridgehead atoms. The Morgan fingerprint density at radius 1 is 1.32 bits per heavy atom. The second-order valence-electron chi connectivity index (χ2n) is 5.20. The van der Waals surface area contributed by atoms with Crippen LogP contribution in [0.4, 0.5) is 0 Å². The van der Waals surface area contributed by atoms with Gasteiger partial charge < -0.3 is 9.84 Å². The fourth-order valence-electron chi connectivity index (χ4n) is 2.37. The van der Waals surface area contributed by atoms with Crippen LogP contribution in [0.15, 0.2) is 50.8 Å². The van der Waals surface area contributed by atoms with Crippen LogP contribution in [0.2, 0.25) is 5.02 Å². The highest BCUT2D eigenvalue weighted by Crippen LogP contribution is 2.32. The monoisotopic (exact) mass is 379 g/mol. The molecule has 0 unspecified atom stereocenters. The van der Waals surface area contributed by atoms with Crippen molar-refractivity contribution in [1.29, 1.82) is 0 Å². The maximum absolute atomic E-state index is 12.1. The smallest absolute Gasteiger partial charge is 0.285 e. The van der Waals surface area contributed by atoms with Gasteiger partial charge in [0.05, 0.1) is 13.3 Å². The van der Waals surface area contributed by atoms with Crippen LogP contribution in [-0.4, -0.2) is 44.7 Å². The number of halogens is 1. The van der Waals surface area contributed by atoms with Gasteiger partial charge in [0, 0.05) is 29.3 Å². The Bertz CT molecular complexity index is 1000. The summed E-state index contributed by atoms with van der Waals surface area (Å²) < 4.78 is 33.0. The number of ether oxygens (including phenoxy) is 1. The third-order valence-electron chi connectivity index (χ3n) is 3.58. The maximum Gasteiger partial charge on any atom is 0.285 e. The fraction of sp³-hybridized carbons (Fsp3) is 0.125. The molecule has 0 aliphatic carbocycles.